The van der Waals surface area contributed by atoms with Crippen LogP contribution in [0.5, 0.6) is 0 Å². The highest BCUT2D eigenvalue weighted by Gasteiger charge is 2.25. The van der Waals surface area contributed by atoms with Gasteiger partial charge in [0.2, 0.25) is 0 Å². The second kappa shape index (κ2) is 5.42. The van der Waals surface area contributed by atoms with Gasteiger partial charge in [-0.1, -0.05) is 0 Å². The monoisotopic (exact) mass is 381 g/mol. The highest BCUT2D eigenvalue weighted by molar-refractivity contribution is 9.10. The molecule has 0 N–H and O–H groups in total. The van der Waals surface area contributed by atoms with Crippen LogP contribution in [0.15, 0.2) is 27.8 Å². The highest BCUT2D eigenvalue weighted by Crippen LogP contribution is 2.28. The molecule has 0 aliphatic rings. The van der Waals surface area contributed by atoms with E-state index in [9.17, 15) is 12.8 Å². The van der Waals surface area contributed by atoms with Crippen LogP contribution in [0.4, 0.5) is 4.39 Å². The molecular formula is C11H10BrClFN3O2S. The predicted octanol–water partition coefficient (Wildman–Crippen LogP) is 3.36. The number of benzene rings is 1. The number of rotatable bonds is 3. The van der Waals surface area contributed by atoms with Crippen molar-refractivity contribution >= 4 is 35.7 Å². The molecule has 0 saturated heterocycles. The lowest BCUT2D eigenvalue weighted by molar-refractivity contribution is 0.530. The lowest BCUT2D eigenvalue weighted by Gasteiger charge is -2.12. The number of aromatic nitrogens is 3. The standard InChI is InChI=1S/C11H10BrClFN3O2S/c1-6(2)17-10(15-16-11(17)20(13,18)19)7-3-4-8(12)9(14)5-7/h3-6H,1-2H3. The minimum atomic E-state index is -4.03. The van der Waals surface area contributed by atoms with Gasteiger partial charge in [0.15, 0.2) is 5.82 Å². The molecule has 0 unspecified atom stereocenters. The summed E-state index contributed by atoms with van der Waals surface area (Å²) >= 11 is 3.05. The summed E-state index contributed by atoms with van der Waals surface area (Å²) in [4.78, 5) is 0. The molecule has 1 heterocycles. The van der Waals surface area contributed by atoms with Crippen LogP contribution >= 0.6 is 26.6 Å². The summed E-state index contributed by atoms with van der Waals surface area (Å²) in [6.45, 7) is 3.52. The maximum Gasteiger partial charge on any atom is 0.296 e. The number of nitrogens with zero attached hydrogens (tertiary/aromatic N) is 3. The summed E-state index contributed by atoms with van der Waals surface area (Å²) in [5.74, 6) is -0.235. The Kier molecular flexibility index (Phi) is 4.17. The van der Waals surface area contributed by atoms with Crippen molar-refractivity contribution in [3.63, 3.8) is 0 Å². The third kappa shape index (κ3) is 2.87. The summed E-state index contributed by atoms with van der Waals surface area (Å²) in [6.07, 6.45) is 0. The van der Waals surface area contributed by atoms with Crippen LogP contribution in [0.3, 0.4) is 0 Å². The maximum atomic E-state index is 13.6. The fourth-order valence-corrected chi connectivity index (χ4v) is 2.97. The molecule has 2 aromatic rings. The van der Waals surface area contributed by atoms with Gasteiger partial charge >= 0.3 is 0 Å². The van der Waals surface area contributed by atoms with Crippen LogP contribution in [0.1, 0.15) is 19.9 Å². The van der Waals surface area contributed by atoms with Crippen LogP contribution in [0.2, 0.25) is 0 Å². The van der Waals surface area contributed by atoms with Crippen molar-refractivity contribution < 1.29 is 12.8 Å². The van der Waals surface area contributed by atoms with E-state index in [0.717, 1.165) is 0 Å². The Labute approximate surface area is 128 Å². The van der Waals surface area contributed by atoms with E-state index in [0.29, 0.717) is 10.0 Å². The van der Waals surface area contributed by atoms with E-state index in [4.69, 9.17) is 10.7 Å². The Balaban J connectivity index is 2.69. The molecule has 2 rings (SSSR count). The van der Waals surface area contributed by atoms with Crippen molar-refractivity contribution in [3.8, 4) is 11.4 Å². The summed E-state index contributed by atoms with van der Waals surface area (Å²) in [5.41, 5.74) is 0.415. The van der Waals surface area contributed by atoms with Gasteiger partial charge in [-0.05, 0) is 48.0 Å². The molecule has 5 nitrogen and oxygen atoms in total. The molecule has 0 saturated carbocycles. The van der Waals surface area contributed by atoms with Gasteiger partial charge in [0.1, 0.15) is 5.82 Å². The SMILES string of the molecule is CC(C)n1c(-c2ccc(Br)c(F)c2)nnc1S(=O)(=O)Cl. The van der Waals surface area contributed by atoms with Gasteiger partial charge in [-0.3, -0.25) is 4.57 Å². The minimum absolute atomic E-state index is 0.241. The molecule has 0 fully saturated rings. The van der Waals surface area contributed by atoms with Crippen molar-refractivity contribution in [3.05, 3.63) is 28.5 Å². The number of hydrogen-bond donors (Lipinski definition) is 0. The molecule has 9 heteroatoms. The first kappa shape index (κ1) is 15.4. The van der Waals surface area contributed by atoms with Gasteiger partial charge in [0.05, 0.1) is 4.47 Å². The third-order valence-electron chi connectivity index (χ3n) is 2.58. The Hall–Kier alpha value is -0.990. The van der Waals surface area contributed by atoms with Crippen molar-refractivity contribution in [1.29, 1.82) is 0 Å². The molecule has 0 aliphatic heterocycles. The molecule has 0 spiro atoms. The van der Waals surface area contributed by atoms with Gasteiger partial charge in [0, 0.05) is 22.3 Å². The Morgan fingerprint density at radius 3 is 2.50 bits per heavy atom. The molecule has 1 aromatic carbocycles. The van der Waals surface area contributed by atoms with E-state index in [1.165, 1.54) is 16.7 Å². The first-order valence-electron chi connectivity index (χ1n) is 5.57. The van der Waals surface area contributed by atoms with Gasteiger partial charge in [-0.25, -0.2) is 12.8 Å². The molecule has 0 radical (unpaired) electrons. The zero-order valence-corrected chi connectivity index (χ0v) is 13.7. The quantitative estimate of drug-likeness (QED) is 0.764. The molecule has 108 valence electrons. The second-order valence-electron chi connectivity index (χ2n) is 4.34. The molecule has 0 atom stereocenters. The first-order valence-corrected chi connectivity index (χ1v) is 8.67. The average Bonchev–Trinajstić information content (AvgIpc) is 2.77. The van der Waals surface area contributed by atoms with Crippen molar-refractivity contribution in [2.24, 2.45) is 0 Å². The second-order valence-corrected chi connectivity index (χ2v) is 7.65. The summed E-state index contributed by atoms with van der Waals surface area (Å²) in [5, 5.41) is 7.05. The highest BCUT2D eigenvalue weighted by atomic mass is 79.9. The van der Waals surface area contributed by atoms with E-state index in [1.807, 2.05) is 0 Å². The van der Waals surface area contributed by atoms with Crippen LogP contribution in [-0.4, -0.2) is 23.2 Å². The topological polar surface area (TPSA) is 64.8 Å². The maximum absolute atomic E-state index is 13.6. The molecule has 1 aromatic heterocycles. The van der Waals surface area contributed by atoms with Gasteiger partial charge in [-0.2, -0.15) is 0 Å². The summed E-state index contributed by atoms with van der Waals surface area (Å²) in [7, 11) is 1.31. The Morgan fingerprint density at radius 1 is 1.35 bits per heavy atom. The van der Waals surface area contributed by atoms with E-state index >= 15 is 0 Å². The Morgan fingerprint density at radius 2 is 2.00 bits per heavy atom. The third-order valence-corrected chi connectivity index (χ3v) is 4.35. The van der Waals surface area contributed by atoms with E-state index in [2.05, 4.69) is 26.1 Å². The first-order chi connectivity index (χ1) is 9.21. The Bertz CT molecular complexity index is 761. The summed E-state index contributed by atoms with van der Waals surface area (Å²) < 4.78 is 38.2. The molecule has 0 aliphatic carbocycles. The predicted molar refractivity (Wildman–Crippen MR) is 76.5 cm³/mol. The van der Waals surface area contributed by atoms with Crippen molar-refractivity contribution in [1.82, 2.24) is 14.8 Å². The van der Waals surface area contributed by atoms with E-state index < -0.39 is 14.9 Å². The lowest BCUT2D eigenvalue weighted by Crippen LogP contribution is -2.10. The van der Waals surface area contributed by atoms with E-state index in [1.54, 1.807) is 19.9 Å². The zero-order valence-electron chi connectivity index (χ0n) is 10.5. The average molecular weight is 383 g/mol. The van der Waals surface area contributed by atoms with Crippen LogP contribution < -0.4 is 0 Å². The zero-order chi connectivity index (χ0) is 15.1. The van der Waals surface area contributed by atoms with Gasteiger partial charge < -0.3 is 0 Å². The normalized spacial score (nSPS) is 12.1. The fraction of sp³-hybridized carbons (Fsp3) is 0.273. The minimum Gasteiger partial charge on any atom is -0.294 e. The smallest absolute Gasteiger partial charge is 0.294 e. The van der Waals surface area contributed by atoms with Crippen LogP contribution in [-0.2, 0) is 9.05 Å². The lowest BCUT2D eigenvalue weighted by atomic mass is 10.2. The largest absolute Gasteiger partial charge is 0.296 e. The fourth-order valence-electron chi connectivity index (χ4n) is 1.74. The molecule has 0 amide bonds. The molecule has 20 heavy (non-hydrogen) atoms. The molecular weight excluding hydrogens is 373 g/mol. The summed E-state index contributed by atoms with van der Waals surface area (Å²) in [6, 6.07) is 4.12. The van der Waals surface area contributed by atoms with E-state index in [-0.39, 0.29) is 17.0 Å². The number of halogens is 3. The number of hydrogen-bond acceptors (Lipinski definition) is 4. The van der Waals surface area contributed by atoms with Gasteiger partial charge in [-0.15, -0.1) is 10.2 Å². The van der Waals surface area contributed by atoms with Crippen molar-refractivity contribution in [2.75, 3.05) is 0 Å². The molecule has 0 bridgehead atoms. The van der Waals surface area contributed by atoms with Crippen LogP contribution in [0.25, 0.3) is 11.4 Å². The van der Waals surface area contributed by atoms with Crippen LogP contribution in [0, 0.1) is 5.82 Å². The van der Waals surface area contributed by atoms with Gasteiger partial charge in [0.25, 0.3) is 14.2 Å². The van der Waals surface area contributed by atoms with Crippen molar-refractivity contribution in [2.45, 2.75) is 25.0 Å².